The normalized spacial score (nSPS) is 18.3. The van der Waals surface area contributed by atoms with Gasteiger partial charge in [-0.25, -0.2) is 0 Å². The van der Waals surface area contributed by atoms with Gasteiger partial charge in [0.05, 0.1) is 18.6 Å². The molecule has 4 atom stereocenters. The predicted octanol–water partition coefficient (Wildman–Crippen LogP) is 14.7. The van der Waals surface area contributed by atoms with E-state index in [2.05, 4.69) is 166 Å². The zero-order valence-electron chi connectivity index (χ0n) is 36.0. The minimum atomic E-state index is -0.561. The third-order valence-electron chi connectivity index (χ3n) is 13.8. The Labute approximate surface area is 339 Å². The predicted molar refractivity (Wildman–Crippen MR) is 237 cm³/mol. The average molecular weight is 747 g/mol. The van der Waals surface area contributed by atoms with Gasteiger partial charge in [-0.15, -0.1) is 0 Å². The molecule has 4 unspecified atom stereocenters. The van der Waals surface area contributed by atoms with E-state index < -0.39 is 5.41 Å². The summed E-state index contributed by atoms with van der Waals surface area (Å²) in [6.45, 7) is 24.5. The molecule has 2 nitrogen and oxygen atoms in total. The second kappa shape index (κ2) is 16.3. The van der Waals surface area contributed by atoms with Crippen LogP contribution in [0, 0.1) is 37.5 Å². The van der Waals surface area contributed by atoms with Gasteiger partial charge in [-0.1, -0.05) is 177 Å². The second-order valence-corrected chi connectivity index (χ2v) is 18.0. The summed E-state index contributed by atoms with van der Waals surface area (Å²) in [6.07, 6.45) is 6.79. The Morgan fingerprint density at radius 3 is 1.48 bits per heavy atom. The molecule has 0 aliphatic heterocycles. The molecule has 294 valence electrons. The fraction of sp³-hybridized carbons (Fsp3) is 0.444. The monoisotopic (exact) mass is 747 g/mol. The zero-order chi connectivity index (χ0) is 39.8. The molecule has 0 aromatic heterocycles. The standard InChI is InChI=1S/C54H66O2/c1-11-35(5)31-53(32-36(6)12-2)47-18-16-15-17-43(47)44-25-21-41(29-48(44)53)54(49-27-39(9)19-23-45(49)46-24-20-40(10)28-50(46)54)42-22-26-51(55-33-37(7)13-3)52(30-42)56-34-38(8)14-4/h15-30,35-38H,11-14,31-34H2,1-10H3. The highest BCUT2D eigenvalue weighted by molar-refractivity contribution is 5.88. The highest BCUT2D eigenvalue weighted by Gasteiger charge is 2.50. The van der Waals surface area contributed by atoms with Crippen molar-refractivity contribution in [1.29, 1.82) is 0 Å². The lowest BCUT2D eigenvalue weighted by molar-refractivity contribution is 0.217. The molecule has 0 amide bonds. The molecule has 2 heteroatoms. The Morgan fingerprint density at radius 2 is 0.911 bits per heavy atom. The minimum absolute atomic E-state index is 0.0598. The second-order valence-electron chi connectivity index (χ2n) is 18.0. The molecule has 5 aromatic rings. The maximum absolute atomic E-state index is 6.80. The Kier molecular flexibility index (Phi) is 11.6. The number of benzene rings is 5. The Bertz CT molecular complexity index is 2110. The molecule has 0 N–H and O–H groups in total. The molecule has 2 aliphatic carbocycles. The van der Waals surface area contributed by atoms with Gasteiger partial charge in [0.1, 0.15) is 0 Å². The number of rotatable bonds is 16. The van der Waals surface area contributed by atoms with Crippen molar-refractivity contribution in [1.82, 2.24) is 0 Å². The van der Waals surface area contributed by atoms with Crippen LogP contribution in [0.25, 0.3) is 22.3 Å². The minimum Gasteiger partial charge on any atom is -0.489 e. The van der Waals surface area contributed by atoms with Gasteiger partial charge in [-0.2, -0.15) is 0 Å². The molecule has 0 radical (unpaired) electrons. The van der Waals surface area contributed by atoms with Crippen molar-refractivity contribution >= 4 is 0 Å². The lowest BCUT2D eigenvalue weighted by atomic mass is 9.64. The van der Waals surface area contributed by atoms with Gasteiger partial charge in [0.15, 0.2) is 11.5 Å². The van der Waals surface area contributed by atoms with Gasteiger partial charge in [-0.05, 0) is 118 Å². The summed E-state index contributed by atoms with van der Waals surface area (Å²) < 4.78 is 13.4. The van der Waals surface area contributed by atoms with E-state index in [0.29, 0.717) is 36.9 Å². The lowest BCUT2D eigenvalue weighted by Gasteiger charge is -2.39. The first kappa shape index (κ1) is 39.9. The van der Waals surface area contributed by atoms with Crippen LogP contribution in [0.1, 0.15) is 138 Å². The molecular formula is C54H66O2. The highest BCUT2D eigenvalue weighted by atomic mass is 16.5. The summed E-state index contributed by atoms with van der Waals surface area (Å²) in [5.41, 5.74) is 15.7. The fourth-order valence-electron chi connectivity index (χ4n) is 9.70. The number of aryl methyl sites for hydroxylation is 2. The molecule has 0 spiro atoms. The largest absolute Gasteiger partial charge is 0.489 e. The van der Waals surface area contributed by atoms with Gasteiger partial charge in [0, 0.05) is 5.41 Å². The van der Waals surface area contributed by atoms with E-state index in [-0.39, 0.29) is 5.41 Å². The summed E-state index contributed by atoms with van der Waals surface area (Å²) in [5, 5.41) is 0. The molecule has 5 aromatic carbocycles. The topological polar surface area (TPSA) is 18.5 Å². The van der Waals surface area contributed by atoms with E-state index in [0.717, 1.165) is 37.2 Å². The maximum Gasteiger partial charge on any atom is 0.161 e. The third-order valence-corrected chi connectivity index (χ3v) is 13.8. The van der Waals surface area contributed by atoms with Gasteiger partial charge in [0.25, 0.3) is 0 Å². The SMILES string of the molecule is CCC(C)COc1ccc(C2(c3ccc4c(c3)C(CC(C)CC)(CC(C)CC)c3ccccc3-4)c3cc(C)ccc3-c3ccc(C)cc32)cc1OCC(C)CC. The van der Waals surface area contributed by atoms with Crippen molar-refractivity contribution in [3.05, 3.63) is 142 Å². The van der Waals surface area contributed by atoms with Crippen molar-refractivity contribution in [2.24, 2.45) is 23.7 Å². The third kappa shape index (κ3) is 6.90. The number of hydrogen-bond acceptors (Lipinski definition) is 2. The van der Waals surface area contributed by atoms with Crippen molar-refractivity contribution in [2.45, 2.75) is 119 Å². The van der Waals surface area contributed by atoms with E-state index in [1.165, 1.54) is 79.6 Å². The number of fused-ring (bicyclic) bond motifs is 6. The number of hydrogen-bond donors (Lipinski definition) is 0. The zero-order valence-corrected chi connectivity index (χ0v) is 36.0. The lowest BCUT2D eigenvalue weighted by Crippen LogP contribution is -2.32. The van der Waals surface area contributed by atoms with Crippen LogP contribution < -0.4 is 9.47 Å². The smallest absolute Gasteiger partial charge is 0.161 e. The molecule has 0 bridgehead atoms. The van der Waals surface area contributed by atoms with Crippen molar-refractivity contribution < 1.29 is 9.47 Å². The molecule has 7 rings (SSSR count). The van der Waals surface area contributed by atoms with Crippen molar-refractivity contribution in [2.75, 3.05) is 13.2 Å². The summed E-state index contributed by atoms with van der Waals surface area (Å²) >= 11 is 0. The van der Waals surface area contributed by atoms with E-state index in [9.17, 15) is 0 Å². The average Bonchev–Trinajstić information content (AvgIpc) is 3.64. The van der Waals surface area contributed by atoms with Crippen LogP contribution in [0.2, 0.25) is 0 Å². The van der Waals surface area contributed by atoms with Crippen molar-refractivity contribution in [3.63, 3.8) is 0 Å². The van der Waals surface area contributed by atoms with E-state index in [1.807, 2.05) is 0 Å². The van der Waals surface area contributed by atoms with Crippen LogP contribution in [0.5, 0.6) is 11.5 Å². The van der Waals surface area contributed by atoms with Crippen LogP contribution in [-0.2, 0) is 10.8 Å². The Balaban J connectivity index is 1.55. The van der Waals surface area contributed by atoms with Crippen LogP contribution >= 0.6 is 0 Å². The fourth-order valence-corrected chi connectivity index (χ4v) is 9.70. The van der Waals surface area contributed by atoms with Crippen molar-refractivity contribution in [3.8, 4) is 33.8 Å². The molecule has 0 fully saturated rings. The van der Waals surface area contributed by atoms with Gasteiger partial charge in [0.2, 0.25) is 0 Å². The first-order valence-corrected chi connectivity index (χ1v) is 21.9. The summed E-state index contributed by atoms with van der Waals surface area (Å²) in [7, 11) is 0. The molecular weight excluding hydrogens is 681 g/mol. The molecule has 2 aliphatic rings. The summed E-state index contributed by atoms with van der Waals surface area (Å²) in [4.78, 5) is 0. The van der Waals surface area contributed by atoms with E-state index in [1.54, 1.807) is 0 Å². The van der Waals surface area contributed by atoms with E-state index in [4.69, 9.17) is 9.47 Å². The van der Waals surface area contributed by atoms with Gasteiger partial charge >= 0.3 is 0 Å². The molecule has 0 saturated carbocycles. The van der Waals surface area contributed by atoms with Crippen LogP contribution in [0.4, 0.5) is 0 Å². The first-order chi connectivity index (χ1) is 27.0. The van der Waals surface area contributed by atoms with E-state index >= 15 is 0 Å². The van der Waals surface area contributed by atoms with Crippen LogP contribution in [0.3, 0.4) is 0 Å². The van der Waals surface area contributed by atoms with Crippen LogP contribution in [0.15, 0.2) is 97.1 Å². The number of ether oxygens (including phenoxy) is 2. The molecule has 0 saturated heterocycles. The molecule has 56 heavy (non-hydrogen) atoms. The Hall–Kier alpha value is -4.30. The molecule has 0 heterocycles. The maximum atomic E-state index is 6.80. The quantitative estimate of drug-likeness (QED) is 0.0982. The highest BCUT2D eigenvalue weighted by Crippen LogP contribution is 2.61. The van der Waals surface area contributed by atoms with Gasteiger partial charge in [-0.3, -0.25) is 0 Å². The summed E-state index contributed by atoms with van der Waals surface area (Å²) in [6, 6.07) is 38.1. The van der Waals surface area contributed by atoms with Crippen LogP contribution in [-0.4, -0.2) is 13.2 Å². The first-order valence-electron chi connectivity index (χ1n) is 21.9. The Morgan fingerprint density at radius 1 is 0.446 bits per heavy atom. The summed E-state index contributed by atoms with van der Waals surface area (Å²) in [5.74, 6) is 3.78. The van der Waals surface area contributed by atoms with Gasteiger partial charge < -0.3 is 9.47 Å².